The van der Waals surface area contributed by atoms with Crippen LogP contribution >= 0.6 is 0 Å². The summed E-state index contributed by atoms with van der Waals surface area (Å²) in [5.41, 5.74) is 0. The maximum absolute atomic E-state index is 2.25. The molecule has 0 saturated heterocycles. The molecule has 0 aliphatic heterocycles. The van der Waals surface area contributed by atoms with E-state index in [1.807, 2.05) is 0 Å². The molecule has 1 heterocycles. The minimum atomic E-state index is 0. The Balaban J connectivity index is 0. The van der Waals surface area contributed by atoms with Crippen molar-refractivity contribution in [3.8, 4) is 0 Å². The average molecular weight is 268 g/mol. The number of aromatic nitrogens is 2. The fourth-order valence-electron chi connectivity index (χ4n) is 1.36. The van der Waals surface area contributed by atoms with Crippen molar-refractivity contribution in [2.24, 2.45) is 7.05 Å². The molecule has 1 aromatic heterocycles. The standard InChI is InChI=1S/C10H19N2.ClH.Zn/c1-3-4-5-6-7-12-9-8-11(2)10-12;;/h8-10H,3-7H2,1-2H3;1H;/q+1;;/p-1. The van der Waals surface area contributed by atoms with Crippen molar-refractivity contribution in [3.05, 3.63) is 18.7 Å². The SMILES string of the molecule is CCCCCCn1cc[n+](C)c1.[Cl-].[Zn]. The van der Waals surface area contributed by atoms with Crippen molar-refractivity contribution in [3.63, 3.8) is 0 Å². The number of nitrogens with zero attached hydrogens (tertiary/aromatic N) is 2. The predicted molar refractivity (Wildman–Crippen MR) is 49.8 cm³/mol. The van der Waals surface area contributed by atoms with Crippen LogP contribution in [-0.2, 0) is 33.1 Å². The molecule has 0 aliphatic rings. The van der Waals surface area contributed by atoms with Gasteiger partial charge in [0.1, 0.15) is 12.4 Å². The van der Waals surface area contributed by atoms with E-state index in [1.54, 1.807) is 0 Å². The summed E-state index contributed by atoms with van der Waals surface area (Å²) >= 11 is 0. The van der Waals surface area contributed by atoms with Crippen LogP contribution in [0.5, 0.6) is 0 Å². The molecule has 0 saturated carbocycles. The molecule has 2 nitrogen and oxygen atoms in total. The Hall–Kier alpha value is 0.123. The van der Waals surface area contributed by atoms with Crippen LogP contribution < -0.4 is 17.0 Å². The fourth-order valence-corrected chi connectivity index (χ4v) is 1.36. The van der Waals surface area contributed by atoms with Crippen LogP contribution in [0.3, 0.4) is 0 Å². The Labute approximate surface area is 106 Å². The van der Waals surface area contributed by atoms with Crippen molar-refractivity contribution < 1.29 is 36.5 Å². The minimum absolute atomic E-state index is 0. The Morgan fingerprint density at radius 2 is 1.93 bits per heavy atom. The Morgan fingerprint density at radius 3 is 2.43 bits per heavy atom. The van der Waals surface area contributed by atoms with Crippen LogP contribution in [-0.4, -0.2) is 4.57 Å². The van der Waals surface area contributed by atoms with E-state index in [1.165, 1.54) is 32.2 Å². The van der Waals surface area contributed by atoms with Crippen molar-refractivity contribution in [2.45, 2.75) is 39.2 Å². The van der Waals surface area contributed by atoms with E-state index >= 15 is 0 Å². The van der Waals surface area contributed by atoms with Gasteiger partial charge in [-0.1, -0.05) is 19.8 Å². The van der Waals surface area contributed by atoms with Gasteiger partial charge >= 0.3 is 0 Å². The first-order chi connectivity index (χ1) is 5.83. The van der Waals surface area contributed by atoms with Gasteiger partial charge in [-0.3, -0.25) is 0 Å². The second-order valence-electron chi connectivity index (χ2n) is 3.38. The molecule has 0 fully saturated rings. The molecule has 0 atom stereocenters. The third-order valence-electron chi connectivity index (χ3n) is 2.09. The van der Waals surface area contributed by atoms with Crippen LogP contribution in [0.2, 0.25) is 0 Å². The van der Waals surface area contributed by atoms with Gasteiger partial charge in [0.15, 0.2) is 0 Å². The van der Waals surface area contributed by atoms with Gasteiger partial charge in [-0.15, -0.1) is 0 Å². The molecule has 0 aromatic carbocycles. The maximum Gasteiger partial charge on any atom is 0.243 e. The first-order valence-corrected chi connectivity index (χ1v) is 4.84. The van der Waals surface area contributed by atoms with Gasteiger partial charge in [0.2, 0.25) is 6.33 Å². The van der Waals surface area contributed by atoms with Crippen LogP contribution in [0.4, 0.5) is 0 Å². The van der Waals surface area contributed by atoms with E-state index in [0.717, 1.165) is 0 Å². The van der Waals surface area contributed by atoms with Gasteiger partial charge < -0.3 is 12.4 Å². The summed E-state index contributed by atoms with van der Waals surface area (Å²) in [4.78, 5) is 0. The molecule has 0 N–H and O–H groups in total. The summed E-state index contributed by atoms with van der Waals surface area (Å²) in [5, 5.41) is 0. The van der Waals surface area contributed by atoms with Crippen molar-refractivity contribution >= 4 is 0 Å². The summed E-state index contributed by atoms with van der Waals surface area (Å²) in [6.07, 6.45) is 11.7. The fraction of sp³-hybridized carbons (Fsp3) is 0.700. The van der Waals surface area contributed by atoms with Gasteiger partial charge in [-0.05, 0) is 12.8 Å². The molecule has 0 aliphatic carbocycles. The molecule has 0 amide bonds. The number of hydrogen-bond acceptors (Lipinski definition) is 0. The largest absolute Gasteiger partial charge is 1.00 e. The molecule has 78 valence electrons. The van der Waals surface area contributed by atoms with Gasteiger partial charge in [-0.2, -0.15) is 0 Å². The second kappa shape index (κ2) is 9.67. The third kappa shape index (κ3) is 6.56. The van der Waals surface area contributed by atoms with Crippen molar-refractivity contribution in [1.82, 2.24) is 4.57 Å². The van der Waals surface area contributed by atoms with Crippen LogP contribution in [0, 0.1) is 0 Å². The molecule has 4 heteroatoms. The molecule has 1 aromatic rings. The Morgan fingerprint density at radius 1 is 1.21 bits per heavy atom. The second-order valence-corrected chi connectivity index (χ2v) is 3.38. The quantitative estimate of drug-likeness (QED) is 0.364. The number of unbranched alkanes of at least 4 members (excludes halogenated alkanes) is 3. The average Bonchev–Trinajstić information content (AvgIpc) is 2.45. The number of halogens is 1. The van der Waals surface area contributed by atoms with E-state index in [-0.39, 0.29) is 31.9 Å². The molecule has 0 unspecified atom stereocenters. The molecular formula is C10H19ClN2Zn. The molecule has 1 rings (SSSR count). The number of hydrogen-bond donors (Lipinski definition) is 0. The van der Waals surface area contributed by atoms with Crippen LogP contribution in [0.1, 0.15) is 32.6 Å². The van der Waals surface area contributed by atoms with Gasteiger partial charge in [0.05, 0.1) is 13.6 Å². The summed E-state index contributed by atoms with van der Waals surface area (Å²) in [6.45, 7) is 3.41. The zero-order chi connectivity index (χ0) is 8.81. The van der Waals surface area contributed by atoms with E-state index in [9.17, 15) is 0 Å². The third-order valence-corrected chi connectivity index (χ3v) is 2.09. The van der Waals surface area contributed by atoms with Gasteiger partial charge in [0, 0.05) is 19.5 Å². The molecule has 14 heavy (non-hydrogen) atoms. The number of aryl methyl sites for hydroxylation is 2. The number of imidazole rings is 1. The normalized spacial score (nSPS) is 9.00. The van der Waals surface area contributed by atoms with Crippen molar-refractivity contribution in [1.29, 1.82) is 0 Å². The Bertz CT molecular complexity index is 226. The van der Waals surface area contributed by atoms with E-state index in [4.69, 9.17) is 0 Å². The zero-order valence-corrected chi connectivity index (χ0v) is 13.0. The first-order valence-electron chi connectivity index (χ1n) is 4.84. The molecular weight excluding hydrogens is 249 g/mol. The smallest absolute Gasteiger partial charge is 0.243 e. The molecule has 0 radical (unpaired) electrons. The van der Waals surface area contributed by atoms with Gasteiger partial charge in [-0.25, -0.2) is 9.13 Å². The van der Waals surface area contributed by atoms with E-state index in [0.29, 0.717) is 0 Å². The Kier molecular flexibility index (Phi) is 11.4. The zero-order valence-electron chi connectivity index (χ0n) is 9.25. The molecule has 0 bridgehead atoms. The van der Waals surface area contributed by atoms with Crippen LogP contribution in [0.25, 0.3) is 0 Å². The van der Waals surface area contributed by atoms with Crippen molar-refractivity contribution in [2.75, 3.05) is 0 Å². The summed E-state index contributed by atoms with van der Waals surface area (Å²) in [5.74, 6) is 0. The topological polar surface area (TPSA) is 8.81 Å². The minimum Gasteiger partial charge on any atom is -1.00 e. The maximum atomic E-state index is 2.25. The summed E-state index contributed by atoms with van der Waals surface area (Å²) in [7, 11) is 2.06. The summed E-state index contributed by atoms with van der Waals surface area (Å²) < 4.78 is 4.33. The summed E-state index contributed by atoms with van der Waals surface area (Å²) in [6, 6.07) is 0. The molecule has 0 spiro atoms. The number of rotatable bonds is 5. The van der Waals surface area contributed by atoms with Crippen LogP contribution in [0.15, 0.2) is 18.7 Å². The van der Waals surface area contributed by atoms with E-state index in [2.05, 4.69) is 41.8 Å². The van der Waals surface area contributed by atoms with E-state index < -0.39 is 0 Å². The predicted octanol–water partition coefficient (Wildman–Crippen LogP) is -1.11. The monoisotopic (exact) mass is 266 g/mol. The first kappa shape index (κ1) is 16.5. The van der Waals surface area contributed by atoms with Gasteiger partial charge in [0.25, 0.3) is 0 Å².